The summed E-state index contributed by atoms with van der Waals surface area (Å²) in [5.41, 5.74) is 3.63. The van der Waals surface area contributed by atoms with Gasteiger partial charge in [0.15, 0.2) is 0 Å². The second kappa shape index (κ2) is 5.66. The van der Waals surface area contributed by atoms with E-state index in [1.54, 1.807) is 12.1 Å². The summed E-state index contributed by atoms with van der Waals surface area (Å²) in [6, 6.07) is 14.0. The molecule has 2 atom stereocenters. The molecule has 0 aromatic heterocycles. The van der Waals surface area contributed by atoms with Gasteiger partial charge in [0, 0.05) is 16.6 Å². The van der Waals surface area contributed by atoms with Gasteiger partial charge in [-0.05, 0) is 54.7 Å². The average Bonchev–Trinajstić information content (AvgIpc) is 2.81. The SMILES string of the molecule is C[C@@H](NC1CCc2cc(F)ccc21)c1ccccc1Br. The van der Waals surface area contributed by atoms with Crippen LogP contribution in [0.2, 0.25) is 0 Å². The van der Waals surface area contributed by atoms with Crippen LogP contribution in [-0.2, 0) is 6.42 Å². The van der Waals surface area contributed by atoms with Gasteiger partial charge in [0.25, 0.3) is 0 Å². The molecule has 1 nitrogen and oxygen atoms in total. The van der Waals surface area contributed by atoms with E-state index in [9.17, 15) is 4.39 Å². The molecule has 1 N–H and O–H groups in total. The van der Waals surface area contributed by atoms with E-state index in [1.165, 1.54) is 11.1 Å². The smallest absolute Gasteiger partial charge is 0.123 e. The number of halogens is 2. The first-order chi connectivity index (χ1) is 9.65. The van der Waals surface area contributed by atoms with Gasteiger partial charge in [-0.1, -0.05) is 40.2 Å². The van der Waals surface area contributed by atoms with Crippen LogP contribution in [0.25, 0.3) is 0 Å². The molecule has 3 heteroatoms. The van der Waals surface area contributed by atoms with Gasteiger partial charge < -0.3 is 5.32 Å². The Labute approximate surface area is 127 Å². The molecule has 0 radical (unpaired) electrons. The third-order valence-corrected chi connectivity index (χ3v) is 4.73. The van der Waals surface area contributed by atoms with E-state index in [4.69, 9.17) is 0 Å². The van der Waals surface area contributed by atoms with Crippen molar-refractivity contribution in [3.05, 3.63) is 69.4 Å². The maximum Gasteiger partial charge on any atom is 0.123 e. The van der Waals surface area contributed by atoms with E-state index in [-0.39, 0.29) is 11.9 Å². The lowest BCUT2D eigenvalue weighted by Gasteiger charge is -2.21. The van der Waals surface area contributed by atoms with Crippen LogP contribution in [0, 0.1) is 5.82 Å². The zero-order valence-electron chi connectivity index (χ0n) is 11.4. The summed E-state index contributed by atoms with van der Waals surface area (Å²) in [5, 5.41) is 3.66. The molecule has 0 saturated carbocycles. The molecular formula is C17H17BrFN. The Morgan fingerprint density at radius 1 is 1.25 bits per heavy atom. The molecule has 2 aromatic carbocycles. The summed E-state index contributed by atoms with van der Waals surface area (Å²) >= 11 is 3.60. The Morgan fingerprint density at radius 2 is 2.05 bits per heavy atom. The van der Waals surface area contributed by atoms with Gasteiger partial charge in [-0.3, -0.25) is 0 Å². The largest absolute Gasteiger partial charge is 0.303 e. The highest BCUT2D eigenvalue weighted by molar-refractivity contribution is 9.10. The topological polar surface area (TPSA) is 12.0 Å². The third-order valence-electron chi connectivity index (χ3n) is 4.01. The number of hydrogen-bond donors (Lipinski definition) is 1. The number of hydrogen-bond acceptors (Lipinski definition) is 1. The van der Waals surface area contributed by atoms with Crippen molar-refractivity contribution in [2.75, 3.05) is 0 Å². The first-order valence-electron chi connectivity index (χ1n) is 6.94. The molecule has 0 amide bonds. The van der Waals surface area contributed by atoms with Crippen molar-refractivity contribution < 1.29 is 4.39 Å². The Morgan fingerprint density at radius 3 is 2.85 bits per heavy atom. The van der Waals surface area contributed by atoms with Gasteiger partial charge in [-0.25, -0.2) is 4.39 Å². The van der Waals surface area contributed by atoms with Crippen LogP contribution in [0.15, 0.2) is 46.9 Å². The molecular weight excluding hydrogens is 317 g/mol. The summed E-state index contributed by atoms with van der Waals surface area (Å²) in [4.78, 5) is 0. The van der Waals surface area contributed by atoms with Crippen molar-refractivity contribution >= 4 is 15.9 Å². The van der Waals surface area contributed by atoms with E-state index in [0.29, 0.717) is 6.04 Å². The zero-order chi connectivity index (χ0) is 14.1. The molecule has 0 bridgehead atoms. The summed E-state index contributed by atoms with van der Waals surface area (Å²) in [7, 11) is 0. The minimum absolute atomic E-state index is 0.136. The molecule has 3 rings (SSSR count). The van der Waals surface area contributed by atoms with Crippen molar-refractivity contribution in [2.45, 2.75) is 31.8 Å². The standard InChI is InChI=1S/C17H17BrFN/c1-11(14-4-2-3-5-16(14)18)20-17-9-6-12-10-13(19)7-8-15(12)17/h2-5,7-8,10-11,17,20H,6,9H2,1H3/t11-,17?/m1/s1. The number of benzene rings is 2. The zero-order valence-corrected chi connectivity index (χ0v) is 13.0. The lowest BCUT2D eigenvalue weighted by Crippen LogP contribution is -2.23. The Hall–Kier alpha value is -1.19. The minimum atomic E-state index is -0.136. The molecule has 0 aliphatic heterocycles. The van der Waals surface area contributed by atoms with E-state index in [1.807, 2.05) is 12.1 Å². The van der Waals surface area contributed by atoms with E-state index in [2.05, 4.69) is 46.4 Å². The lowest BCUT2D eigenvalue weighted by atomic mass is 10.0. The number of fused-ring (bicyclic) bond motifs is 1. The monoisotopic (exact) mass is 333 g/mol. The molecule has 0 heterocycles. The molecule has 20 heavy (non-hydrogen) atoms. The third kappa shape index (κ3) is 2.65. The fourth-order valence-corrected chi connectivity index (χ4v) is 3.61. The fraction of sp³-hybridized carbons (Fsp3) is 0.294. The normalized spacial score (nSPS) is 18.9. The predicted molar refractivity (Wildman–Crippen MR) is 83.2 cm³/mol. The van der Waals surface area contributed by atoms with Gasteiger partial charge in [0.05, 0.1) is 0 Å². The van der Waals surface area contributed by atoms with E-state index < -0.39 is 0 Å². The molecule has 1 aliphatic carbocycles. The molecule has 0 fully saturated rings. The summed E-state index contributed by atoms with van der Waals surface area (Å²) < 4.78 is 14.4. The van der Waals surface area contributed by atoms with Crippen LogP contribution >= 0.6 is 15.9 Å². The second-order valence-corrected chi connectivity index (χ2v) is 6.20. The Kier molecular flexibility index (Phi) is 3.90. The molecule has 2 aromatic rings. The van der Waals surface area contributed by atoms with Crippen molar-refractivity contribution in [2.24, 2.45) is 0 Å². The lowest BCUT2D eigenvalue weighted by molar-refractivity contribution is 0.464. The maximum absolute atomic E-state index is 13.2. The molecule has 1 unspecified atom stereocenters. The summed E-state index contributed by atoms with van der Waals surface area (Å²) in [6.45, 7) is 2.17. The van der Waals surface area contributed by atoms with E-state index in [0.717, 1.165) is 22.9 Å². The fourth-order valence-electron chi connectivity index (χ4n) is 2.98. The van der Waals surface area contributed by atoms with Crippen molar-refractivity contribution in [1.82, 2.24) is 5.32 Å². The van der Waals surface area contributed by atoms with Gasteiger partial charge in [-0.2, -0.15) is 0 Å². The van der Waals surface area contributed by atoms with Crippen LogP contribution in [0.4, 0.5) is 4.39 Å². The highest BCUT2D eigenvalue weighted by Crippen LogP contribution is 2.34. The van der Waals surface area contributed by atoms with Crippen LogP contribution in [-0.4, -0.2) is 0 Å². The Bertz CT molecular complexity index is 626. The van der Waals surface area contributed by atoms with Crippen LogP contribution in [0.1, 0.15) is 42.1 Å². The first-order valence-corrected chi connectivity index (χ1v) is 7.73. The summed E-state index contributed by atoms with van der Waals surface area (Å²) in [6.07, 6.45) is 1.99. The average molecular weight is 334 g/mol. The molecule has 104 valence electrons. The highest BCUT2D eigenvalue weighted by atomic mass is 79.9. The maximum atomic E-state index is 13.2. The Balaban J connectivity index is 1.79. The van der Waals surface area contributed by atoms with Crippen LogP contribution in [0.3, 0.4) is 0 Å². The van der Waals surface area contributed by atoms with Crippen LogP contribution < -0.4 is 5.32 Å². The number of nitrogens with one attached hydrogen (secondary N) is 1. The number of rotatable bonds is 3. The minimum Gasteiger partial charge on any atom is -0.303 e. The van der Waals surface area contributed by atoms with Gasteiger partial charge >= 0.3 is 0 Å². The van der Waals surface area contributed by atoms with Crippen LogP contribution in [0.5, 0.6) is 0 Å². The van der Waals surface area contributed by atoms with Crippen molar-refractivity contribution in [3.8, 4) is 0 Å². The van der Waals surface area contributed by atoms with Gasteiger partial charge in [0.1, 0.15) is 5.82 Å². The van der Waals surface area contributed by atoms with Crippen molar-refractivity contribution in [3.63, 3.8) is 0 Å². The first kappa shape index (κ1) is 13.8. The number of aryl methyl sites for hydroxylation is 1. The van der Waals surface area contributed by atoms with E-state index >= 15 is 0 Å². The highest BCUT2D eigenvalue weighted by Gasteiger charge is 2.24. The van der Waals surface area contributed by atoms with Crippen molar-refractivity contribution in [1.29, 1.82) is 0 Å². The van der Waals surface area contributed by atoms with Gasteiger partial charge in [0.2, 0.25) is 0 Å². The predicted octanol–water partition coefficient (Wildman–Crippen LogP) is 4.93. The molecule has 1 aliphatic rings. The molecule has 0 spiro atoms. The van der Waals surface area contributed by atoms with Gasteiger partial charge in [-0.15, -0.1) is 0 Å². The second-order valence-electron chi connectivity index (χ2n) is 5.34. The quantitative estimate of drug-likeness (QED) is 0.839. The molecule has 0 saturated heterocycles. The summed E-state index contributed by atoms with van der Waals surface area (Å²) in [5.74, 6) is -0.136.